The van der Waals surface area contributed by atoms with E-state index in [1.165, 1.54) is 29.8 Å². The number of halogens is 3. The molecule has 1 atom stereocenters. The number of alkyl halides is 3. The Hall–Kier alpha value is -3.47. The lowest BCUT2D eigenvalue weighted by Crippen LogP contribution is -2.29. The number of aromatic nitrogens is 1. The SMILES string of the molecule is N#Cc1ccc(N(Cc2ccc(OC(F)(F)F)cc2)c2scnc2C(=O)NCS(=O)[O-])cc1. The molecular weight excluding hydrogens is 481 g/mol. The Balaban J connectivity index is 1.93. The highest BCUT2D eigenvalue weighted by atomic mass is 32.2. The molecule has 8 nitrogen and oxygen atoms in total. The van der Waals surface area contributed by atoms with Gasteiger partial charge in [0.25, 0.3) is 5.91 Å². The molecule has 0 aliphatic heterocycles. The number of nitrogens with zero attached hydrogens (tertiary/aromatic N) is 3. The topological polar surface area (TPSA) is 118 Å². The van der Waals surface area contributed by atoms with Gasteiger partial charge in [0, 0.05) is 12.2 Å². The summed E-state index contributed by atoms with van der Waals surface area (Å²) in [4.78, 5) is 18.2. The summed E-state index contributed by atoms with van der Waals surface area (Å²) >= 11 is -1.37. The predicted octanol–water partition coefficient (Wildman–Crippen LogP) is 3.82. The minimum atomic E-state index is -4.81. The Labute approximate surface area is 192 Å². The van der Waals surface area contributed by atoms with Crippen LogP contribution in [0, 0.1) is 11.3 Å². The van der Waals surface area contributed by atoms with E-state index in [0.717, 1.165) is 11.3 Å². The van der Waals surface area contributed by atoms with Gasteiger partial charge in [-0.1, -0.05) is 12.1 Å². The van der Waals surface area contributed by atoms with Gasteiger partial charge in [-0.3, -0.25) is 9.00 Å². The van der Waals surface area contributed by atoms with Crippen LogP contribution in [0.25, 0.3) is 0 Å². The number of nitriles is 1. The number of carbonyl (C=O) groups excluding carboxylic acids is 1. The van der Waals surface area contributed by atoms with E-state index in [1.54, 1.807) is 29.2 Å². The van der Waals surface area contributed by atoms with Crippen LogP contribution in [0.5, 0.6) is 5.75 Å². The van der Waals surface area contributed by atoms with E-state index in [1.807, 2.05) is 6.07 Å². The van der Waals surface area contributed by atoms with Crippen molar-refractivity contribution < 1.29 is 31.5 Å². The molecule has 0 fully saturated rings. The first-order chi connectivity index (χ1) is 15.7. The average molecular weight is 495 g/mol. The van der Waals surface area contributed by atoms with Crippen molar-refractivity contribution in [3.8, 4) is 11.8 Å². The summed E-state index contributed by atoms with van der Waals surface area (Å²) in [7, 11) is 0. The maximum absolute atomic E-state index is 12.5. The van der Waals surface area contributed by atoms with Gasteiger partial charge in [0.1, 0.15) is 10.8 Å². The van der Waals surface area contributed by atoms with Gasteiger partial charge in [0.05, 0.1) is 23.0 Å². The summed E-state index contributed by atoms with van der Waals surface area (Å²) in [5.74, 6) is -1.67. The molecule has 0 saturated heterocycles. The van der Waals surface area contributed by atoms with E-state index in [9.17, 15) is 26.7 Å². The number of nitrogens with one attached hydrogen (secondary N) is 1. The number of hydrogen-bond acceptors (Lipinski definition) is 8. The van der Waals surface area contributed by atoms with E-state index in [0.29, 0.717) is 21.8 Å². The number of thiazole rings is 1. The number of carbonyl (C=O) groups is 1. The maximum Gasteiger partial charge on any atom is 0.573 e. The Morgan fingerprint density at radius 3 is 2.45 bits per heavy atom. The molecule has 0 saturated carbocycles. The summed E-state index contributed by atoms with van der Waals surface area (Å²) in [6.07, 6.45) is -4.81. The fourth-order valence-corrected chi connectivity index (χ4v) is 3.83. The molecule has 1 heterocycles. The molecule has 3 rings (SSSR count). The van der Waals surface area contributed by atoms with Gasteiger partial charge < -0.3 is 19.5 Å². The van der Waals surface area contributed by atoms with Crippen molar-refractivity contribution in [1.82, 2.24) is 10.3 Å². The molecule has 1 aromatic heterocycles. The summed E-state index contributed by atoms with van der Waals surface area (Å²) in [5, 5.41) is 11.7. The van der Waals surface area contributed by atoms with Crippen LogP contribution in [0.15, 0.2) is 54.0 Å². The summed E-state index contributed by atoms with van der Waals surface area (Å²) < 4.78 is 62.7. The van der Waals surface area contributed by atoms with Crippen LogP contribution in [-0.4, -0.2) is 31.9 Å². The Bertz CT molecular complexity index is 1180. The Morgan fingerprint density at radius 2 is 1.88 bits per heavy atom. The van der Waals surface area contributed by atoms with Crippen molar-refractivity contribution in [3.05, 3.63) is 70.9 Å². The maximum atomic E-state index is 12.5. The van der Waals surface area contributed by atoms with Gasteiger partial charge >= 0.3 is 6.36 Å². The molecule has 0 aliphatic rings. The van der Waals surface area contributed by atoms with Gasteiger partial charge in [-0.05, 0) is 53.0 Å². The lowest BCUT2D eigenvalue weighted by Gasteiger charge is -2.24. The van der Waals surface area contributed by atoms with E-state index < -0.39 is 29.2 Å². The molecular formula is C20H14F3N4O4S2-. The molecule has 3 aromatic rings. The molecule has 0 aliphatic carbocycles. The first-order valence-electron chi connectivity index (χ1n) is 9.06. The zero-order valence-corrected chi connectivity index (χ0v) is 18.2. The second-order valence-corrected chi connectivity index (χ2v) is 8.13. The second-order valence-electron chi connectivity index (χ2n) is 6.40. The lowest BCUT2D eigenvalue weighted by molar-refractivity contribution is -0.274. The molecule has 172 valence electrons. The lowest BCUT2D eigenvalue weighted by atomic mass is 10.1. The first kappa shape index (κ1) is 24.2. The van der Waals surface area contributed by atoms with Gasteiger partial charge in [0.2, 0.25) is 0 Å². The number of hydrogen-bond donors (Lipinski definition) is 1. The first-order valence-corrected chi connectivity index (χ1v) is 11.2. The summed E-state index contributed by atoms with van der Waals surface area (Å²) in [6, 6.07) is 13.7. The Kier molecular flexibility index (Phi) is 7.64. The number of ether oxygens (including phenoxy) is 1. The fourth-order valence-electron chi connectivity index (χ4n) is 2.77. The van der Waals surface area contributed by atoms with Crippen LogP contribution in [0.4, 0.5) is 23.9 Å². The molecule has 13 heteroatoms. The van der Waals surface area contributed by atoms with Crippen molar-refractivity contribution >= 4 is 39.0 Å². The normalized spacial score (nSPS) is 12.0. The van der Waals surface area contributed by atoms with Crippen LogP contribution in [0.3, 0.4) is 0 Å². The van der Waals surface area contributed by atoms with Crippen LogP contribution >= 0.6 is 11.3 Å². The van der Waals surface area contributed by atoms with Gasteiger partial charge in [-0.25, -0.2) is 4.98 Å². The quantitative estimate of drug-likeness (QED) is 0.472. The number of rotatable bonds is 8. The molecule has 1 N–H and O–H groups in total. The fraction of sp³-hybridized carbons (Fsp3) is 0.150. The van der Waals surface area contributed by atoms with E-state index >= 15 is 0 Å². The third-order valence-corrected chi connectivity index (χ3v) is 5.39. The minimum absolute atomic E-state index is 0.0214. The van der Waals surface area contributed by atoms with Crippen LogP contribution < -0.4 is 15.0 Å². The second kappa shape index (κ2) is 10.4. The van der Waals surface area contributed by atoms with E-state index in [2.05, 4.69) is 15.0 Å². The molecule has 0 spiro atoms. The van der Waals surface area contributed by atoms with Gasteiger partial charge in [-0.15, -0.1) is 24.5 Å². The van der Waals surface area contributed by atoms with Crippen LogP contribution in [-0.2, 0) is 17.6 Å². The van der Waals surface area contributed by atoms with Crippen molar-refractivity contribution in [1.29, 1.82) is 5.26 Å². The zero-order chi connectivity index (χ0) is 24.0. The third kappa shape index (κ3) is 6.75. The minimum Gasteiger partial charge on any atom is -0.771 e. The number of anilines is 2. The zero-order valence-electron chi connectivity index (χ0n) is 16.5. The van der Waals surface area contributed by atoms with Crippen molar-refractivity contribution in [2.45, 2.75) is 12.9 Å². The standard InChI is InChI=1S/C20H15F3N4O4S2/c21-20(22,23)31-16-7-3-14(4-8-16)10-27(15-5-1-13(9-24)2-6-15)19-17(25-11-32-19)18(28)26-12-33(29)30/h1-8,11H,10,12H2,(H,26,28)(H,29,30)/p-1. The van der Waals surface area contributed by atoms with Crippen LogP contribution in [0.1, 0.15) is 21.6 Å². The highest BCUT2D eigenvalue weighted by Gasteiger charge is 2.31. The van der Waals surface area contributed by atoms with E-state index in [4.69, 9.17) is 5.26 Å². The predicted molar refractivity (Wildman–Crippen MR) is 113 cm³/mol. The highest BCUT2D eigenvalue weighted by Crippen LogP contribution is 2.34. The molecule has 1 amide bonds. The summed E-state index contributed by atoms with van der Waals surface area (Å²) in [6.45, 7) is 0.133. The van der Waals surface area contributed by atoms with Crippen molar-refractivity contribution in [3.63, 3.8) is 0 Å². The van der Waals surface area contributed by atoms with E-state index in [-0.39, 0.29) is 18.0 Å². The van der Waals surface area contributed by atoms with Gasteiger partial charge in [-0.2, -0.15) is 5.26 Å². The molecule has 0 radical (unpaired) electrons. The van der Waals surface area contributed by atoms with Crippen LogP contribution in [0.2, 0.25) is 0 Å². The number of amides is 1. The van der Waals surface area contributed by atoms with Gasteiger partial charge in [0.15, 0.2) is 5.69 Å². The van der Waals surface area contributed by atoms with Crippen molar-refractivity contribution in [2.24, 2.45) is 0 Å². The largest absolute Gasteiger partial charge is 0.771 e. The highest BCUT2D eigenvalue weighted by molar-refractivity contribution is 7.79. The summed E-state index contributed by atoms with van der Waals surface area (Å²) in [5.41, 5.74) is 2.97. The smallest absolute Gasteiger partial charge is 0.573 e. The van der Waals surface area contributed by atoms with Crippen molar-refractivity contribution in [2.75, 3.05) is 10.8 Å². The average Bonchev–Trinajstić information content (AvgIpc) is 3.25. The Morgan fingerprint density at radius 1 is 1.21 bits per heavy atom. The molecule has 33 heavy (non-hydrogen) atoms. The molecule has 0 bridgehead atoms. The third-order valence-electron chi connectivity index (χ3n) is 4.17. The number of benzene rings is 2. The molecule has 2 aromatic carbocycles. The monoisotopic (exact) mass is 495 g/mol. The molecule has 1 unspecified atom stereocenters.